The molecule has 0 aliphatic carbocycles. The van der Waals surface area contributed by atoms with Crippen molar-refractivity contribution in [2.75, 3.05) is 18.0 Å². The monoisotopic (exact) mass is 632 g/mol. The lowest BCUT2D eigenvalue weighted by Gasteiger charge is -2.25. The van der Waals surface area contributed by atoms with Crippen molar-refractivity contribution in [1.82, 2.24) is 9.99 Å². The van der Waals surface area contributed by atoms with Crippen molar-refractivity contribution in [1.29, 1.82) is 0 Å². The second kappa shape index (κ2) is 12.6. The van der Waals surface area contributed by atoms with Crippen LogP contribution < -0.4 is 14.5 Å². The fraction of sp³-hybridized carbons (Fsp3) is 0.172. The Hall–Kier alpha value is -3.50. The van der Waals surface area contributed by atoms with E-state index < -0.39 is 22.5 Å². The van der Waals surface area contributed by atoms with Gasteiger partial charge in [-0.2, -0.15) is 5.10 Å². The molecular weight excluding hydrogens is 607 g/mol. The Kier molecular flexibility index (Phi) is 9.34. The molecule has 4 rings (SSSR count). The summed E-state index contributed by atoms with van der Waals surface area (Å²) in [5.41, 5.74) is 6.56. The van der Waals surface area contributed by atoms with Gasteiger partial charge in [0.1, 0.15) is 12.3 Å². The molecule has 41 heavy (non-hydrogen) atoms. The molecule has 3 aromatic carbocycles. The van der Waals surface area contributed by atoms with Crippen LogP contribution in [0.3, 0.4) is 0 Å². The minimum Gasteiger partial charge on any atom is -0.495 e. The number of carbonyl (C=O) groups is 1. The molecule has 214 valence electrons. The van der Waals surface area contributed by atoms with Crippen LogP contribution in [0.15, 0.2) is 76.7 Å². The number of halogens is 3. The molecule has 1 aromatic heterocycles. The van der Waals surface area contributed by atoms with Crippen molar-refractivity contribution < 1.29 is 17.9 Å². The van der Waals surface area contributed by atoms with Gasteiger partial charge >= 0.3 is 0 Å². The zero-order valence-corrected chi connectivity index (χ0v) is 25.7. The summed E-state index contributed by atoms with van der Waals surface area (Å²) in [7, 11) is -2.78. The van der Waals surface area contributed by atoms with Crippen LogP contribution in [0.25, 0.3) is 5.69 Å². The maximum Gasteiger partial charge on any atom is 0.264 e. The number of aromatic nitrogens is 1. The SMILES string of the molecule is COc1ccc(Cl)cc1N(CC(=O)N/N=C\c1cc(C)n(-c2cc(Cl)ccc2Cl)c1C)S(=O)(=O)c1ccc(C)cc1. The van der Waals surface area contributed by atoms with Crippen molar-refractivity contribution in [3.8, 4) is 11.4 Å². The number of ether oxygens (including phenoxy) is 1. The number of sulfonamides is 1. The van der Waals surface area contributed by atoms with Gasteiger partial charge in [0.05, 0.1) is 34.6 Å². The number of aryl methyl sites for hydroxylation is 2. The molecule has 12 heteroatoms. The molecule has 1 heterocycles. The number of methoxy groups -OCH3 is 1. The molecular formula is C29H27Cl3N4O4S. The fourth-order valence-electron chi connectivity index (χ4n) is 4.28. The molecule has 1 N–H and O–H groups in total. The quantitative estimate of drug-likeness (QED) is 0.164. The van der Waals surface area contributed by atoms with Crippen LogP contribution in [0.5, 0.6) is 5.75 Å². The summed E-state index contributed by atoms with van der Waals surface area (Å²) in [4.78, 5) is 13.1. The normalized spacial score (nSPS) is 11.6. The van der Waals surface area contributed by atoms with Gasteiger partial charge in [0.25, 0.3) is 15.9 Å². The molecule has 1 amide bonds. The average molecular weight is 634 g/mol. The van der Waals surface area contributed by atoms with Crippen molar-refractivity contribution in [2.45, 2.75) is 25.7 Å². The number of nitrogens with one attached hydrogen (secondary N) is 1. The van der Waals surface area contributed by atoms with Crippen LogP contribution in [0, 0.1) is 20.8 Å². The second-order valence-electron chi connectivity index (χ2n) is 9.19. The second-order valence-corrected chi connectivity index (χ2v) is 12.3. The standard InChI is InChI=1S/C29H27Cl3N4O4S/c1-18-5-9-24(10-6-18)41(38,39)35(27-15-23(31)8-12-28(27)40-4)17-29(37)34-33-16-21-13-19(2)36(20(21)3)26-14-22(30)7-11-25(26)32/h5-16H,17H2,1-4H3,(H,34,37)/b33-16-. The minimum absolute atomic E-state index is 0.00791. The predicted molar refractivity (Wildman–Crippen MR) is 165 cm³/mol. The summed E-state index contributed by atoms with van der Waals surface area (Å²) in [6.45, 7) is 5.06. The molecule has 0 radical (unpaired) electrons. The van der Waals surface area contributed by atoms with Gasteiger partial charge in [0, 0.05) is 27.0 Å². The van der Waals surface area contributed by atoms with E-state index in [-0.39, 0.29) is 21.4 Å². The number of rotatable bonds is 9. The molecule has 0 bridgehead atoms. The Morgan fingerprint density at radius 1 is 0.976 bits per heavy atom. The third-order valence-corrected chi connectivity index (χ3v) is 8.88. The minimum atomic E-state index is -4.18. The van der Waals surface area contributed by atoms with E-state index in [1.807, 2.05) is 31.4 Å². The Morgan fingerprint density at radius 2 is 1.63 bits per heavy atom. The Balaban J connectivity index is 1.62. The summed E-state index contributed by atoms with van der Waals surface area (Å²) in [6.07, 6.45) is 1.48. The van der Waals surface area contributed by atoms with E-state index >= 15 is 0 Å². The number of benzene rings is 3. The van der Waals surface area contributed by atoms with Gasteiger partial charge < -0.3 is 9.30 Å². The molecule has 0 aliphatic rings. The third kappa shape index (κ3) is 6.70. The Labute approximate surface area is 254 Å². The van der Waals surface area contributed by atoms with Crippen LogP contribution in [0.1, 0.15) is 22.5 Å². The van der Waals surface area contributed by atoms with Crippen LogP contribution >= 0.6 is 34.8 Å². The molecule has 0 unspecified atom stereocenters. The topological polar surface area (TPSA) is 93.0 Å². The molecule has 0 atom stereocenters. The first-order chi connectivity index (χ1) is 19.4. The first-order valence-corrected chi connectivity index (χ1v) is 14.9. The number of anilines is 1. The molecule has 0 saturated carbocycles. The number of nitrogens with zero attached hydrogens (tertiary/aromatic N) is 3. The van der Waals surface area contributed by atoms with E-state index in [1.165, 1.54) is 37.6 Å². The lowest BCUT2D eigenvalue weighted by molar-refractivity contribution is -0.119. The lowest BCUT2D eigenvalue weighted by atomic mass is 10.2. The average Bonchev–Trinajstić information content (AvgIpc) is 3.21. The first kappa shape index (κ1) is 30.5. The number of carbonyl (C=O) groups excluding carboxylic acids is 1. The van der Waals surface area contributed by atoms with E-state index in [4.69, 9.17) is 39.5 Å². The number of hydrogen-bond acceptors (Lipinski definition) is 5. The van der Waals surface area contributed by atoms with Gasteiger partial charge in [0.15, 0.2) is 0 Å². The Morgan fingerprint density at radius 3 is 2.32 bits per heavy atom. The maximum absolute atomic E-state index is 13.7. The molecule has 0 saturated heterocycles. The lowest BCUT2D eigenvalue weighted by Crippen LogP contribution is -2.39. The van der Waals surface area contributed by atoms with Gasteiger partial charge in [-0.15, -0.1) is 0 Å². The maximum atomic E-state index is 13.7. The summed E-state index contributed by atoms with van der Waals surface area (Å²) in [6, 6.07) is 17.9. The number of amides is 1. The largest absolute Gasteiger partial charge is 0.495 e. The summed E-state index contributed by atoms with van der Waals surface area (Å²) in [5.74, 6) is -0.445. The van der Waals surface area contributed by atoms with E-state index in [0.717, 1.165) is 26.8 Å². The van der Waals surface area contributed by atoms with Gasteiger partial charge in [-0.25, -0.2) is 13.8 Å². The summed E-state index contributed by atoms with van der Waals surface area (Å²) >= 11 is 18.8. The van der Waals surface area contributed by atoms with E-state index in [1.54, 1.807) is 36.4 Å². The van der Waals surface area contributed by atoms with Gasteiger partial charge in [0.2, 0.25) is 0 Å². The number of hydrazone groups is 1. The predicted octanol–water partition coefficient (Wildman–Crippen LogP) is 6.72. The summed E-state index contributed by atoms with van der Waals surface area (Å²) in [5, 5.41) is 5.43. The zero-order chi connectivity index (χ0) is 29.9. The van der Waals surface area contributed by atoms with Crippen LogP contribution in [0.4, 0.5) is 5.69 Å². The first-order valence-electron chi connectivity index (χ1n) is 12.3. The van der Waals surface area contributed by atoms with Gasteiger partial charge in [-0.3, -0.25) is 9.10 Å². The van der Waals surface area contributed by atoms with E-state index in [2.05, 4.69) is 10.5 Å². The van der Waals surface area contributed by atoms with Crippen LogP contribution in [-0.4, -0.2) is 38.8 Å². The van der Waals surface area contributed by atoms with Crippen molar-refractivity contribution in [2.24, 2.45) is 5.10 Å². The highest BCUT2D eigenvalue weighted by Gasteiger charge is 2.29. The molecule has 0 fully saturated rings. The van der Waals surface area contributed by atoms with Gasteiger partial charge in [-0.1, -0.05) is 52.5 Å². The highest BCUT2D eigenvalue weighted by atomic mass is 35.5. The van der Waals surface area contributed by atoms with E-state index in [9.17, 15) is 13.2 Å². The van der Waals surface area contributed by atoms with Crippen molar-refractivity contribution in [3.05, 3.63) is 104 Å². The molecule has 4 aromatic rings. The molecule has 8 nitrogen and oxygen atoms in total. The molecule has 0 spiro atoms. The molecule has 0 aliphatic heterocycles. The highest BCUT2D eigenvalue weighted by Crippen LogP contribution is 2.35. The van der Waals surface area contributed by atoms with E-state index in [0.29, 0.717) is 15.7 Å². The number of hydrogen-bond donors (Lipinski definition) is 1. The third-order valence-electron chi connectivity index (χ3n) is 6.32. The Bertz CT molecular complexity index is 1740. The smallest absolute Gasteiger partial charge is 0.264 e. The van der Waals surface area contributed by atoms with Crippen LogP contribution in [-0.2, 0) is 14.8 Å². The summed E-state index contributed by atoms with van der Waals surface area (Å²) < 4.78 is 35.7. The van der Waals surface area contributed by atoms with Crippen LogP contribution in [0.2, 0.25) is 15.1 Å². The highest BCUT2D eigenvalue weighted by molar-refractivity contribution is 7.92. The van der Waals surface area contributed by atoms with Crippen molar-refractivity contribution >= 4 is 62.6 Å². The zero-order valence-electron chi connectivity index (χ0n) is 22.7. The van der Waals surface area contributed by atoms with Crippen molar-refractivity contribution in [3.63, 3.8) is 0 Å². The van der Waals surface area contributed by atoms with Gasteiger partial charge in [-0.05, 0) is 75.4 Å². The fourth-order valence-corrected chi connectivity index (χ4v) is 6.24.